The number of oxazole rings is 1. The van der Waals surface area contributed by atoms with Crippen LogP contribution in [0.1, 0.15) is 86.0 Å². The first-order chi connectivity index (χ1) is 21.3. The number of H-pyrrole nitrogens is 1. The maximum atomic E-state index is 13.6. The second-order valence-electron chi connectivity index (χ2n) is 12.7. The van der Waals surface area contributed by atoms with E-state index in [-0.39, 0.29) is 29.5 Å². The number of nitrogens with zero attached hydrogens (tertiary/aromatic N) is 4. The predicted molar refractivity (Wildman–Crippen MR) is 167 cm³/mol. The lowest BCUT2D eigenvalue weighted by Gasteiger charge is -2.52. The van der Waals surface area contributed by atoms with E-state index in [0.29, 0.717) is 24.0 Å². The topological polar surface area (TPSA) is 126 Å². The lowest BCUT2D eigenvalue weighted by atomic mass is 9.66. The van der Waals surface area contributed by atoms with Gasteiger partial charge in [0, 0.05) is 48.1 Å². The molecular formula is C34H42N6O4. The van der Waals surface area contributed by atoms with Gasteiger partial charge in [0.25, 0.3) is 5.89 Å². The smallest absolute Gasteiger partial charge is 0.263 e. The molecule has 1 saturated carbocycles. The first-order valence-corrected chi connectivity index (χ1v) is 15.7. The average molecular weight is 599 g/mol. The number of hydrogen-bond acceptors (Lipinski definition) is 8. The summed E-state index contributed by atoms with van der Waals surface area (Å²) in [6.45, 7) is 4.26. The van der Waals surface area contributed by atoms with Crippen LogP contribution in [0.25, 0.3) is 22.2 Å². The van der Waals surface area contributed by atoms with Crippen LogP contribution in [-0.4, -0.2) is 63.8 Å². The number of carbonyl (C=O) groups is 2. The lowest BCUT2D eigenvalue weighted by Crippen LogP contribution is -2.56. The molecule has 10 nitrogen and oxygen atoms in total. The Morgan fingerprint density at radius 1 is 1.16 bits per heavy atom. The van der Waals surface area contributed by atoms with Gasteiger partial charge in [0.2, 0.25) is 11.7 Å². The summed E-state index contributed by atoms with van der Waals surface area (Å²) in [7, 11) is 3.82. The molecule has 1 amide bonds. The van der Waals surface area contributed by atoms with Crippen molar-refractivity contribution in [2.24, 2.45) is 11.3 Å². The number of hydrogen-bond donors (Lipinski definition) is 2. The fourth-order valence-electron chi connectivity index (χ4n) is 7.04. The summed E-state index contributed by atoms with van der Waals surface area (Å²) in [6.07, 6.45) is 12.3. The monoisotopic (exact) mass is 598 g/mol. The third kappa shape index (κ3) is 6.55. The number of imidazole rings is 1. The third-order valence-electron chi connectivity index (χ3n) is 9.38. The van der Waals surface area contributed by atoms with E-state index in [1.54, 1.807) is 7.11 Å². The molecule has 1 atom stereocenters. The minimum atomic E-state index is -0.264. The Hall–Kier alpha value is -4.05. The SMILES string of the molecule is COc1cc2nc(C)ccc2cc1-c1cnc([C@H](CCCCCC(=O)c2ncco2)NC(=O)C2CCC3(CC2)CN(C)C3)[nH]1. The number of aromatic amines is 1. The highest BCUT2D eigenvalue weighted by Crippen LogP contribution is 2.45. The van der Waals surface area contributed by atoms with E-state index in [1.807, 2.05) is 25.3 Å². The van der Waals surface area contributed by atoms with Crippen molar-refractivity contribution in [3.05, 3.63) is 60.3 Å². The van der Waals surface area contributed by atoms with Gasteiger partial charge in [0.1, 0.15) is 17.8 Å². The minimum absolute atomic E-state index is 0.0263. The first-order valence-electron chi connectivity index (χ1n) is 15.7. The second-order valence-corrected chi connectivity index (χ2v) is 12.7. The van der Waals surface area contributed by atoms with Gasteiger partial charge >= 0.3 is 0 Å². The Bertz CT molecular complexity index is 1600. The Morgan fingerprint density at radius 2 is 1.98 bits per heavy atom. The molecule has 2 aliphatic rings. The summed E-state index contributed by atoms with van der Waals surface area (Å²) in [4.78, 5) is 45.1. The van der Waals surface area contributed by atoms with Crippen molar-refractivity contribution in [1.29, 1.82) is 0 Å². The Labute approximate surface area is 258 Å². The Morgan fingerprint density at radius 3 is 2.70 bits per heavy atom. The number of fused-ring (bicyclic) bond motifs is 1. The number of Topliss-reactive ketones (excluding diaryl/α,β-unsaturated/α-hetero) is 1. The molecule has 1 aliphatic carbocycles. The molecule has 1 aromatic carbocycles. The van der Waals surface area contributed by atoms with Crippen LogP contribution in [0.3, 0.4) is 0 Å². The number of methoxy groups -OCH3 is 1. The van der Waals surface area contributed by atoms with Crippen LogP contribution >= 0.6 is 0 Å². The molecule has 44 heavy (non-hydrogen) atoms. The highest BCUT2D eigenvalue weighted by Gasteiger charge is 2.44. The second kappa shape index (κ2) is 12.9. The zero-order valence-corrected chi connectivity index (χ0v) is 25.9. The van der Waals surface area contributed by atoms with Crippen LogP contribution in [0.5, 0.6) is 5.75 Å². The van der Waals surface area contributed by atoms with Gasteiger partial charge in [-0.3, -0.25) is 14.6 Å². The maximum Gasteiger partial charge on any atom is 0.263 e. The number of pyridine rings is 1. The van der Waals surface area contributed by atoms with E-state index in [0.717, 1.165) is 91.7 Å². The minimum Gasteiger partial charge on any atom is -0.496 e. The van der Waals surface area contributed by atoms with Crippen LogP contribution in [0, 0.1) is 18.3 Å². The van der Waals surface area contributed by atoms with Gasteiger partial charge in [-0.1, -0.05) is 18.9 Å². The van der Waals surface area contributed by atoms with Gasteiger partial charge in [0.05, 0.1) is 36.8 Å². The molecule has 1 aliphatic heterocycles. The number of carbonyl (C=O) groups excluding carboxylic acids is 2. The number of unbranched alkanes of at least 4 members (excludes halogenated alkanes) is 2. The molecule has 0 radical (unpaired) electrons. The number of likely N-dealkylation sites (tertiary alicyclic amines) is 1. The van der Waals surface area contributed by atoms with Crippen LogP contribution in [0.4, 0.5) is 0 Å². The van der Waals surface area contributed by atoms with E-state index < -0.39 is 0 Å². The van der Waals surface area contributed by atoms with E-state index in [1.165, 1.54) is 12.5 Å². The number of ketones is 1. The van der Waals surface area contributed by atoms with Crippen LogP contribution in [0.2, 0.25) is 0 Å². The molecule has 4 heterocycles. The molecule has 2 fully saturated rings. The molecule has 232 valence electrons. The van der Waals surface area contributed by atoms with Gasteiger partial charge in [0.15, 0.2) is 0 Å². The summed E-state index contributed by atoms with van der Waals surface area (Å²) >= 11 is 0. The first kappa shape index (κ1) is 30.0. The molecule has 10 heteroatoms. The van der Waals surface area contributed by atoms with Gasteiger partial charge in [-0.05, 0) is 70.0 Å². The zero-order valence-electron chi connectivity index (χ0n) is 25.9. The number of rotatable bonds is 12. The summed E-state index contributed by atoms with van der Waals surface area (Å²) in [5.74, 6) is 1.65. The molecule has 6 rings (SSSR count). The molecule has 1 spiro atoms. The number of aryl methyl sites for hydroxylation is 1. The fourth-order valence-corrected chi connectivity index (χ4v) is 7.04. The Kier molecular flexibility index (Phi) is 8.79. The van der Waals surface area contributed by atoms with E-state index in [4.69, 9.17) is 14.1 Å². The van der Waals surface area contributed by atoms with Crippen molar-refractivity contribution < 1.29 is 18.7 Å². The average Bonchev–Trinajstić information content (AvgIpc) is 3.73. The van der Waals surface area contributed by atoms with Crippen molar-refractivity contribution in [3.63, 3.8) is 0 Å². The number of aromatic nitrogens is 4. The fraction of sp³-hybridized carbons (Fsp3) is 0.500. The third-order valence-corrected chi connectivity index (χ3v) is 9.38. The molecule has 2 N–H and O–H groups in total. The molecule has 1 saturated heterocycles. The maximum absolute atomic E-state index is 13.6. The number of ether oxygens (including phenoxy) is 1. The summed E-state index contributed by atoms with van der Waals surface area (Å²) in [5, 5.41) is 4.36. The number of benzene rings is 1. The van der Waals surface area contributed by atoms with Crippen LogP contribution < -0.4 is 10.1 Å². The molecular weight excluding hydrogens is 556 g/mol. The standard InChI is InChI=1S/C34H42N6O4/c1-22-9-10-24-17-25(30(43-3)18-27(24)37-22)28-19-36-31(38-28)26(7-5-4-6-8-29(41)33-35-15-16-44-33)39-32(42)23-11-13-34(14-12-23)20-40(2)21-34/h9-10,15-19,23,26H,4-8,11-14,20-21H2,1-3H3,(H,36,38)(H,39,42)/t26-/m0/s1. The normalized spacial score (nSPS) is 17.4. The quantitative estimate of drug-likeness (QED) is 0.149. The summed E-state index contributed by atoms with van der Waals surface area (Å²) in [5.41, 5.74) is 3.95. The molecule has 0 bridgehead atoms. The Balaban J connectivity index is 1.15. The van der Waals surface area contributed by atoms with E-state index in [2.05, 4.69) is 44.3 Å². The molecule has 3 aromatic heterocycles. The van der Waals surface area contributed by atoms with E-state index in [9.17, 15) is 9.59 Å². The van der Waals surface area contributed by atoms with Crippen molar-refractivity contribution in [2.75, 3.05) is 27.2 Å². The van der Waals surface area contributed by atoms with Gasteiger partial charge in [-0.15, -0.1) is 0 Å². The number of nitrogens with one attached hydrogen (secondary N) is 2. The highest BCUT2D eigenvalue weighted by atomic mass is 16.5. The van der Waals surface area contributed by atoms with Gasteiger partial charge < -0.3 is 24.4 Å². The zero-order chi connectivity index (χ0) is 30.7. The van der Waals surface area contributed by atoms with Gasteiger partial charge in [-0.25, -0.2) is 9.97 Å². The van der Waals surface area contributed by atoms with E-state index >= 15 is 0 Å². The van der Waals surface area contributed by atoms with Crippen molar-refractivity contribution in [3.8, 4) is 17.0 Å². The predicted octanol–water partition coefficient (Wildman–Crippen LogP) is 6.04. The van der Waals surface area contributed by atoms with Crippen LogP contribution in [-0.2, 0) is 4.79 Å². The highest BCUT2D eigenvalue weighted by molar-refractivity contribution is 5.91. The van der Waals surface area contributed by atoms with Crippen molar-refractivity contribution >= 4 is 22.6 Å². The summed E-state index contributed by atoms with van der Waals surface area (Å²) in [6, 6.07) is 7.81. The molecule has 0 unspecified atom stereocenters. The number of amides is 1. The van der Waals surface area contributed by atoms with Gasteiger partial charge in [-0.2, -0.15) is 0 Å². The van der Waals surface area contributed by atoms with Crippen molar-refractivity contribution in [2.45, 2.75) is 70.8 Å². The molecule has 4 aromatic rings. The van der Waals surface area contributed by atoms with Crippen LogP contribution in [0.15, 0.2) is 47.3 Å². The lowest BCUT2D eigenvalue weighted by molar-refractivity contribution is -0.129. The summed E-state index contributed by atoms with van der Waals surface area (Å²) < 4.78 is 10.9. The largest absolute Gasteiger partial charge is 0.496 e. The van der Waals surface area contributed by atoms with Crippen molar-refractivity contribution in [1.82, 2.24) is 30.2 Å².